The number of nitrogens with one attached hydrogen (secondary N) is 1. The summed E-state index contributed by atoms with van der Waals surface area (Å²) in [6.45, 7) is 1.32. The molecule has 0 aliphatic heterocycles. The number of nitrogens with zero attached hydrogens (tertiary/aromatic N) is 1. The zero-order valence-electron chi connectivity index (χ0n) is 14.7. The summed E-state index contributed by atoms with van der Waals surface area (Å²) < 4.78 is 0. The summed E-state index contributed by atoms with van der Waals surface area (Å²) in [7, 11) is 3.75. The van der Waals surface area contributed by atoms with Crippen LogP contribution in [0, 0.1) is 5.92 Å². The summed E-state index contributed by atoms with van der Waals surface area (Å²) in [6.07, 6.45) is 0. The average molecular weight is 350 g/mol. The van der Waals surface area contributed by atoms with Crippen LogP contribution in [0.25, 0.3) is 0 Å². The van der Waals surface area contributed by atoms with Gasteiger partial charge in [0, 0.05) is 37.8 Å². The minimum Gasteiger partial charge on any atom is -0.378 e. The Kier molecular flexibility index (Phi) is 4.42. The van der Waals surface area contributed by atoms with Crippen LogP contribution >= 0.6 is 0 Å². The molecule has 2 aromatic carbocycles. The van der Waals surface area contributed by atoms with Gasteiger partial charge in [-0.1, -0.05) is 12.1 Å². The molecule has 1 unspecified atom stereocenters. The van der Waals surface area contributed by atoms with Gasteiger partial charge >= 0.3 is 0 Å². The molecule has 26 heavy (non-hydrogen) atoms. The van der Waals surface area contributed by atoms with E-state index < -0.39 is 23.3 Å². The highest BCUT2D eigenvalue weighted by Crippen LogP contribution is 2.34. The van der Waals surface area contributed by atoms with Crippen molar-refractivity contribution in [2.45, 2.75) is 6.92 Å². The van der Waals surface area contributed by atoms with E-state index in [0.29, 0.717) is 5.56 Å². The molecule has 0 heterocycles. The number of anilines is 2. The monoisotopic (exact) mass is 350 g/mol. The second kappa shape index (κ2) is 6.55. The molecular weight excluding hydrogens is 332 g/mol. The molecule has 1 N–H and O–H groups in total. The standard InChI is InChI=1S/C20H18N2O4/c1-11(23)21-15-6-4-5-14-16(15)20(26)17(19(14)25)18(24)12-7-9-13(10-8-12)22(2)3/h4-10,17H,1-3H3,(H,21,23). The van der Waals surface area contributed by atoms with Crippen molar-refractivity contribution >= 4 is 34.6 Å². The number of carbonyl (C=O) groups is 4. The largest absolute Gasteiger partial charge is 0.378 e. The van der Waals surface area contributed by atoms with Crippen molar-refractivity contribution in [2.24, 2.45) is 5.92 Å². The molecular formula is C20H18N2O4. The van der Waals surface area contributed by atoms with Gasteiger partial charge < -0.3 is 10.2 Å². The number of benzene rings is 2. The highest BCUT2D eigenvalue weighted by atomic mass is 16.2. The Morgan fingerprint density at radius 1 is 0.962 bits per heavy atom. The summed E-state index contributed by atoms with van der Waals surface area (Å²) in [4.78, 5) is 51.5. The molecule has 1 amide bonds. The molecule has 6 nitrogen and oxygen atoms in total. The summed E-state index contributed by atoms with van der Waals surface area (Å²) in [5, 5.41) is 2.55. The zero-order chi connectivity index (χ0) is 19.0. The summed E-state index contributed by atoms with van der Waals surface area (Å²) in [5.41, 5.74) is 1.74. The average Bonchev–Trinajstić information content (AvgIpc) is 2.86. The van der Waals surface area contributed by atoms with Gasteiger partial charge in [-0.05, 0) is 30.3 Å². The van der Waals surface area contributed by atoms with E-state index >= 15 is 0 Å². The Morgan fingerprint density at radius 3 is 2.19 bits per heavy atom. The number of carbonyl (C=O) groups excluding carboxylic acids is 4. The molecule has 0 spiro atoms. The number of Topliss-reactive ketones (excluding diaryl/α,β-unsaturated/α-hetero) is 3. The molecule has 0 radical (unpaired) electrons. The molecule has 6 heteroatoms. The number of hydrogen-bond acceptors (Lipinski definition) is 5. The fourth-order valence-corrected chi connectivity index (χ4v) is 3.06. The Labute approximate surface area is 150 Å². The molecule has 0 aromatic heterocycles. The molecule has 1 aliphatic rings. The van der Waals surface area contributed by atoms with Crippen molar-refractivity contribution < 1.29 is 19.2 Å². The lowest BCUT2D eigenvalue weighted by atomic mass is 9.93. The van der Waals surface area contributed by atoms with E-state index in [1.165, 1.54) is 13.0 Å². The number of hydrogen-bond donors (Lipinski definition) is 1. The number of fused-ring (bicyclic) bond motifs is 1. The van der Waals surface area contributed by atoms with E-state index in [-0.39, 0.29) is 22.7 Å². The van der Waals surface area contributed by atoms with E-state index in [1.807, 2.05) is 19.0 Å². The van der Waals surface area contributed by atoms with Crippen LogP contribution in [0.5, 0.6) is 0 Å². The van der Waals surface area contributed by atoms with Crippen molar-refractivity contribution in [2.75, 3.05) is 24.3 Å². The van der Waals surface area contributed by atoms with Crippen LogP contribution in [0.1, 0.15) is 38.0 Å². The maximum Gasteiger partial charge on any atom is 0.221 e. The van der Waals surface area contributed by atoms with Gasteiger partial charge in [-0.15, -0.1) is 0 Å². The van der Waals surface area contributed by atoms with Gasteiger partial charge in [0.15, 0.2) is 17.3 Å². The smallest absolute Gasteiger partial charge is 0.221 e. The Balaban J connectivity index is 1.97. The highest BCUT2D eigenvalue weighted by molar-refractivity contribution is 6.39. The third-order valence-electron chi connectivity index (χ3n) is 4.34. The maximum atomic E-state index is 12.8. The van der Waals surface area contributed by atoms with Crippen LogP contribution in [0.2, 0.25) is 0 Å². The van der Waals surface area contributed by atoms with Crippen molar-refractivity contribution in [1.82, 2.24) is 0 Å². The first-order valence-electron chi connectivity index (χ1n) is 8.12. The van der Waals surface area contributed by atoms with E-state index in [1.54, 1.807) is 36.4 Å². The van der Waals surface area contributed by atoms with E-state index in [2.05, 4.69) is 5.32 Å². The molecule has 1 atom stereocenters. The second-order valence-electron chi connectivity index (χ2n) is 6.38. The predicted octanol–water partition coefficient (Wildman–Crippen LogP) is 2.59. The molecule has 1 aliphatic carbocycles. The fraction of sp³-hybridized carbons (Fsp3) is 0.200. The lowest BCUT2D eigenvalue weighted by molar-refractivity contribution is -0.114. The normalized spacial score (nSPS) is 15.6. The third-order valence-corrected chi connectivity index (χ3v) is 4.34. The quantitative estimate of drug-likeness (QED) is 0.677. The second-order valence-corrected chi connectivity index (χ2v) is 6.38. The van der Waals surface area contributed by atoms with Crippen LogP contribution in [-0.4, -0.2) is 37.4 Å². The third kappa shape index (κ3) is 2.90. The van der Waals surface area contributed by atoms with Crippen LogP contribution in [0.4, 0.5) is 11.4 Å². The SMILES string of the molecule is CC(=O)Nc1cccc2c1C(=O)C(C(=O)c1ccc(N(C)C)cc1)C2=O. The van der Waals surface area contributed by atoms with Crippen molar-refractivity contribution in [3.8, 4) is 0 Å². The highest BCUT2D eigenvalue weighted by Gasteiger charge is 2.44. The van der Waals surface area contributed by atoms with Gasteiger partial charge in [0.1, 0.15) is 5.92 Å². The van der Waals surface area contributed by atoms with Crippen LogP contribution < -0.4 is 10.2 Å². The Hall–Kier alpha value is -3.28. The van der Waals surface area contributed by atoms with Crippen LogP contribution in [0.3, 0.4) is 0 Å². The molecule has 0 saturated carbocycles. The molecule has 0 saturated heterocycles. The first-order valence-corrected chi connectivity index (χ1v) is 8.12. The van der Waals surface area contributed by atoms with Crippen LogP contribution in [0.15, 0.2) is 42.5 Å². The first-order chi connectivity index (χ1) is 12.3. The van der Waals surface area contributed by atoms with Gasteiger partial charge in [-0.25, -0.2) is 0 Å². The molecule has 0 bridgehead atoms. The summed E-state index contributed by atoms with van der Waals surface area (Å²) >= 11 is 0. The topological polar surface area (TPSA) is 83.6 Å². The summed E-state index contributed by atoms with van der Waals surface area (Å²) in [6, 6.07) is 11.4. The van der Waals surface area contributed by atoms with Crippen LogP contribution in [-0.2, 0) is 4.79 Å². The maximum absolute atomic E-state index is 12.8. The predicted molar refractivity (Wildman–Crippen MR) is 98.0 cm³/mol. The minimum absolute atomic E-state index is 0.107. The Morgan fingerprint density at radius 2 is 1.62 bits per heavy atom. The molecule has 3 rings (SSSR count). The minimum atomic E-state index is -1.40. The number of rotatable bonds is 4. The van der Waals surface area contributed by atoms with Crippen molar-refractivity contribution in [1.29, 1.82) is 0 Å². The van der Waals surface area contributed by atoms with E-state index in [0.717, 1.165) is 5.69 Å². The van der Waals surface area contributed by atoms with Gasteiger partial charge in [0.2, 0.25) is 5.91 Å². The lowest BCUT2D eigenvalue weighted by Gasteiger charge is -2.13. The lowest BCUT2D eigenvalue weighted by Crippen LogP contribution is -2.26. The van der Waals surface area contributed by atoms with E-state index in [9.17, 15) is 19.2 Å². The Bertz CT molecular complexity index is 929. The number of amides is 1. The van der Waals surface area contributed by atoms with Gasteiger partial charge in [0.05, 0.1) is 11.3 Å². The first kappa shape index (κ1) is 17.5. The van der Waals surface area contributed by atoms with Crippen molar-refractivity contribution in [3.05, 3.63) is 59.2 Å². The van der Waals surface area contributed by atoms with Gasteiger partial charge in [-0.3, -0.25) is 19.2 Å². The van der Waals surface area contributed by atoms with Gasteiger partial charge in [0.25, 0.3) is 0 Å². The molecule has 2 aromatic rings. The van der Waals surface area contributed by atoms with Gasteiger partial charge in [-0.2, -0.15) is 0 Å². The van der Waals surface area contributed by atoms with E-state index in [4.69, 9.17) is 0 Å². The molecule has 132 valence electrons. The van der Waals surface area contributed by atoms with Crippen molar-refractivity contribution in [3.63, 3.8) is 0 Å². The summed E-state index contributed by atoms with van der Waals surface area (Å²) in [5.74, 6) is -3.39. The number of ketones is 3. The zero-order valence-corrected chi connectivity index (χ0v) is 14.7. The molecule has 0 fully saturated rings. The fourth-order valence-electron chi connectivity index (χ4n) is 3.06.